The Hall–Kier alpha value is -1.84. The number of benzene rings is 1. The van der Waals surface area contributed by atoms with Crippen molar-refractivity contribution < 1.29 is 9.59 Å². The lowest BCUT2D eigenvalue weighted by Crippen LogP contribution is -2.29. The van der Waals surface area contributed by atoms with Gasteiger partial charge in [-0.15, -0.1) is 0 Å². The Bertz CT molecular complexity index is 459. The maximum Gasteiger partial charge on any atom is 0.313 e. The molecule has 92 valence electrons. The first-order valence-corrected chi connectivity index (χ1v) is 5.43. The Balaban J connectivity index is 2.99. The Morgan fingerprint density at radius 3 is 2.24 bits per heavy atom. The van der Waals surface area contributed by atoms with Crippen molar-refractivity contribution in [1.29, 1.82) is 0 Å². The van der Waals surface area contributed by atoms with Crippen molar-refractivity contribution in [3.05, 3.63) is 29.3 Å². The summed E-state index contributed by atoms with van der Waals surface area (Å²) < 4.78 is 0. The van der Waals surface area contributed by atoms with Gasteiger partial charge in [-0.25, -0.2) is 0 Å². The Kier molecular flexibility index (Phi) is 3.56. The van der Waals surface area contributed by atoms with Gasteiger partial charge in [0, 0.05) is 5.69 Å². The van der Waals surface area contributed by atoms with E-state index >= 15 is 0 Å². The summed E-state index contributed by atoms with van der Waals surface area (Å²) in [6.45, 7) is 8.22. The van der Waals surface area contributed by atoms with Gasteiger partial charge in [-0.3, -0.25) is 9.59 Å². The van der Waals surface area contributed by atoms with Gasteiger partial charge in [0.05, 0.1) is 0 Å². The predicted molar refractivity (Wildman–Crippen MR) is 67.7 cm³/mol. The summed E-state index contributed by atoms with van der Waals surface area (Å²) in [7, 11) is 0. The van der Waals surface area contributed by atoms with E-state index in [1.165, 1.54) is 5.56 Å². The van der Waals surface area contributed by atoms with Crippen molar-refractivity contribution in [3.8, 4) is 0 Å². The van der Waals surface area contributed by atoms with Crippen molar-refractivity contribution in [1.82, 2.24) is 0 Å². The highest BCUT2D eigenvalue weighted by molar-refractivity contribution is 6.39. The van der Waals surface area contributed by atoms with E-state index in [0.29, 0.717) is 5.69 Å². The molecule has 4 nitrogen and oxygen atoms in total. The number of anilines is 1. The first-order chi connectivity index (χ1) is 7.71. The molecule has 0 saturated heterocycles. The number of rotatable bonds is 1. The summed E-state index contributed by atoms with van der Waals surface area (Å²) in [5.74, 6) is -1.78. The lowest BCUT2D eigenvalue weighted by Gasteiger charge is -2.20. The van der Waals surface area contributed by atoms with Gasteiger partial charge in [0.25, 0.3) is 0 Å². The van der Waals surface area contributed by atoms with Crippen LogP contribution in [-0.4, -0.2) is 11.8 Å². The summed E-state index contributed by atoms with van der Waals surface area (Å²) in [6, 6.07) is 5.72. The number of nitrogens with one attached hydrogen (secondary N) is 1. The van der Waals surface area contributed by atoms with E-state index in [1.54, 1.807) is 6.07 Å². The fourth-order valence-corrected chi connectivity index (χ4v) is 1.45. The average Bonchev–Trinajstić information content (AvgIpc) is 2.19. The van der Waals surface area contributed by atoms with Crippen LogP contribution in [-0.2, 0) is 15.0 Å². The molecule has 17 heavy (non-hydrogen) atoms. The lowest BCUT2D eigenvalue weighted by atomic mass is 9.86. The third-order valence-electron chi connectivity index (χ3n) is 2.56. The summed E-state index contributed by atoms with van der Waals surface area (Å²) in [5, 5.41) is 2.47. The normalized spacial score (nSPS) is 11.1. The van der Waals surface area contributed by atoms with Crippen LogP contribution < -0.4 is 11.1 Å². The summed E-state index contributed by atoms with van der Waals surface area (Å²) in [5.41, 5.74) is 7.63. The Labute approximate surface area is 101 Å². The largest absolute Gasteiger partial charge is 0.361 e. The SMILES string of the molecule is Cc1cc(C(C)(C)C)ccc1NC(=O)C(N)=O. The number of nitrogens with two attached hydrogens (primary N) is 1. The molecular weight excluding hydrogens is 216 g/mol. The fraction of sp³-hybridized carbons (Fsp3) is 0.385. The molecule has 1 aromatic carbocycles. The topological polar surface area (TPSA) is 72.2 Å². The van der Waals surface area contributed by atoms with Crippen molar-refractivity contribution in [2.24, 2.45) is 5.73 Å². The maximum absolute atomic E-state index is 11.2. The molecule has 0 aliphatic carbocycles. The highest BCUT2D eigenvalue weighted by Gasteiger charge is 2.15. The zero-order chi connectivity index (χ0) is 13.2. The Morgan fingerprint density at radius 1 is 1.24 bits per heavy atom. The second kappa shape index (κ2) is 4.57. The lowest BCUT2D eigenvalue weighted by molar-refractivity contribution is -0.134. The number of carbonyl (C=O) groups excluding carboxylic acids is 2. The predicted octanol–water partition coefficient (Wildman–Crippen LogP) is 1.72. The summed E-state index contributed by atoms with van der Waals surface area (Å²) in [4.78, 5) is 21.8. The molecule has 0 aliphatic rings. The van der Waals surface area contributed by atoms with Gasteiger partial charge in [0.15, 0.2) is 0 Å². The van der Waals surface area contributed by atoms with Crippen LogP contribution in [0.1, 0.15) is 31.9 Å². The monoisotopic (exact) mass is 234 g/mol. The highest BCUT2D eigenvalue weighted by atomic mass is 16.2. The highest BCUT2D eigenvalue weighted by Crippen LogP contribution is 2.26. The van der Waals surface area contributed by atoms with Crippen LogP contribution in [0, 0.1) is 6.92 Å². The van der Waals surface area contributed by atoms with Gasteiger partial charge in [-0.05, 0) is 29.5 Å². The van der Waals surface area contributed by atoms with E-state index in [0.717, 1.165) is 5.56 Å². The maximum atomic E-state index is 11.2. The Morgan fingerprint density at radius 2 is 1.82 bits per heavy atom. The summed E-state index contributed by atoms with van der Waals surface area (Å²) >= 11 is 0. The minimum absolute atomic E-state index is 0.0526. The van der Waals surface area contributed by atoms with E-state index in [2.05, 4.69) is 26.1 Å². The number of primary amides is 1. The van der Waals surface area contributed by atoms with E-state index in [9.17, 15) is 9.59 Å². The third-order valence-corrected chi connectivity index (χ3v) is 2.56. The van der Waals surface area contributed by atoms with Crippen molar-refractivity contribution >= 4 is 17.5 Å². The molecule has 0 spiro atoms. The molecule has 0 bridgehead atoms. The molecule has 2 amide bonds. The summed E-state index contributed by atoms with van der Waals surface area (Å²) in [6.07, 6.45) is 0. The minimum atomic E-state index is -0.982. The first-order valence-electron chi connectivity index (χ1n) is 5.43. The second-order valence-electron chi connectivity index (χ2n) is 5.10. The van der Waals surface area contributed by atoms with Gasteiger partial charge in [0.2, 0.25) is 0 Å². The molecule has 0 radical (unpaired) electrons. The molecule has 4 heteroatoms. The average molecular weight is 234 g/mol. The number of aryl methyl sites for hydroxylation is 1. The van der Waals surface area contributed by atoms with Crippen LogP contribution in [0.3, 0.4) is 0 Å². The molecule has 1 rings (SSSR count). The number of carbonyl (C=O) groups is 2. The zero-order valence-corrected chi connectivity index (χ0v) is 10.6. The van der Waals surface area contributed by atoms with Gasteiger partial charge in [0.1, 0.15) is 0 Å². The number of hydrogen-bond acceptors (Lipinski definition) is 2. The molecule has 0 saturated carbocycles. The van der Waals surface area contributed by atoms with E-state index < -0.39 is 11.8 Å². The quantitative estimate of drug-likeness (QED) is 0.726. The van der Waals surface area contributed by atoms with E-state index in [4.69, 9.17) is 5.73 Å². The van der Waals surface area contributed by atoms with Crippen LogP contribution >= 0.6 is 0 Å². The molecule has 3 N–H and O–H groups in total. The second-order valence-corrected chi connectivity index (χ2v) is 5.10. The van der Waals surface area contributed by atoms with E-state index in [-0.39, 0.29) is 5.41 Å². The van der Waals surface area contributed by atoms with Crippen LogP contribution in [0.2, 0.25) is 0 Å². The van der Waals surface area contributed by atoms with Crippen LogP contribution in [0.25, 0.3) is 0 Å². The van der Waals surface area contributed by atoms with Crippen molar-refractivity contribution in [3.63, 3.8) is 0 Å². The van der Waals surface area contributed by atoms with Gasteiger partial charge < -0.3 is 11.1 Å². The molecule has 0 atom stereocenters. The molecule has 0 unspecified atom stereocenters. The molecule has 0 fully saturated rings. The van der Waals surface area contributed by atoms with Crippen molar-refractivity contribution in [2.75, 3.05) is 5.32 Å². The van der Waals surface area contributed by atoms with Crippen LogP contribution in [0.15, 0.2) is 18.2 Å². The van der Waals surface area contributed by atoms with Crippen LogP contribution in [0.4, 0.5) is 5.69 Å². The number of hydrogen-bond donors (Lipinski definition) is 2. The zero-order valence-electron chi connectivity index (χ0n) is 10.6. The van der Waals surface area contributed by atoms with Gasteiger partial charge in [-0.1, -0.05) is 32.9 Å². The van der Waals surface area contributed by atoms with Gasteiger partial charge in [-0.2, -0.15) is 0 Å². The fourth-order valence-electron chi connectivity index (χ4n) is 1.45. The minimum Gasteiger partial charge on any atom is -0.361 e. The first kappa shape index (κ1) is 13.2. The number of amides is 2. The van der Waals surface area contributed by atoms with Gasteiger partial charge >= 0.3 is 11.8 Å². The standard InChI is InChI=1S/C13H18N2O2/c1-8-7-9(13(2,3)4)5-6-10(8)15-12(17)11(14)16/h5-7H,1-4H3,(H2,14,16)(H,15,17). The van der Waals surface area contributed by atoms with Crippen molar-refractivity contribution in [2.45, 2.75) is 33.1 Å². The smallest absolute Gasteiger partial charge is 0.313 e. The van der Waals surface area contributed by atoms with Crippen LogP contribution in [0.5, 0.6) is 0 Å². The van der Waals surface area contributed by atoms with E-state index in [1.807, 2.05) is 19.1 Å². The molecule has 0 aliphatic heterocycles. The third kappa shape index (κ3) is 3.31. The molecule has 0 heterocycles. The molecule has 0 aromatic heterocycles. The molecule has 1 aromatic rings. The molecular formula is C13H18N2O2.